The van der Waals surface area contributed by atoms with Crippen LogP contribution in [0.2, 0.25) is 0 Å². The van der Waals surface area contributed by atoms with Gasteiger partial charge in [-0.05, 0) is 11.1 Å². The van der Waals surface area contributed by atoms with Gasteiger partial charge >= 0.3 is 0 Å². The van der Waals surface area contributed by atoms with Gasteiger partial charge in [-0.2, -0.15) is 5.26 Å². The Bertz CT molecular complexity index is 578. The van der Waals surface area contributed by atoms with Crippen LogP contribution in [0, 0.1) is 16.7 Å². The van der Waals surface area contributed by atoms with Gasteiger partial charge in [-0.25, -0.2) is 0 Å². The first-order chi connectivity index (χ1) is 9.58. The van der Waals surface area contributed by atoms with Gasteiger partial charge in [0.25, 0.3) is 0 Å². The quantitative estimate of drug-likeness (QED) is 0.731. The van der Waals surface area contributed by atoms with Gasteiger partial charge in [-0.1, -0.05) is 80.6 Å². The number of allylic oxidation sites excluding steroid dienone is 1. The van der Waals surface area contributed by atoms with Crippen LogP contribution in [0.4, 0.5) is 0 Å². The van der Waals surface area contributed by atoms with E-state index >= 15 is 0 Å². The first-order valence-corrected chi connectivity index (χ1v) is 6.74. The standard InChI is InChI=1S/C19H19N/c1-4-18(2,3)19(15-20,16-11-7-5-8-12-16)17-13-9-6-10-14-17/h4-14H,1H2,2-3H3. The van der Waals surface area contributed by atoms with Gasteiger partial charge in [0.1, 0.15) is 5.41 Å². The molecule has 0 aromatic heterocycles. The van der Waals surface area contributed by atoms with Gasteiger partial charge in [0.05, 0.1) is 6.07 Å². The van der Waals surface area contributed by atoms with Crippen molar-refractivity contribution in [2.45, 2.75) is 19.3 Å². The Kier molecular flexibility index (Phi) is 3.77. The fraction of sp³-hybridized carbons (Fsp3) is 0.211. The van der Waals surface area contributed by atoms with Crippen molar-refractivity contribution < 1.29 is 0 Å². The van der Waals surface area contributed by atoms with Gasteiger partial charge in [-0.15, -0.1) is 6.58 Å². The van der Waals surface area contributed by atoms with Gasteiger partial charge in [0, 0.05) is 5.41 Å². The van der Waals surface area contributed by atoms with Crippen molar-refractivity contribution in [2.75, 3.05) is 0 Å². The second-order valence-electron chi connectivity index (χ2n) is 5.52. The molecule has 0 N–H and O–H groups in total. The summed E-state index contributed by atoms with van der Waals surface area (Å²) in [5, 5.41) is 10.1. The molecule has 100 valence electrons. The molecule has 0 saturated carbocycles. The Morgan fingerprint density at radius 2 is 1.30 bits per heavy atom. The molecule has 0 saturated heterocycles. The number of hydrogen-bond acceptors (Lipinski definition) is 1. The van der Waals surface area contributed by atoms with E-state index < -0.39 is 5.41 Å². The molecule has 0 fully saturated rings. The molecule has 0 aliphatic carbocycles. The Morgan fingerprint density at radius 3 is 1.60 bits per heavy atom. The summed E-state index contributed by atoms with van der Waals surface area (Å²) >= 11 is 0. The zero-order chi connectivity index (χ0) is 14.6. The summed E-state index contributed by atoms with van der Waals surface area (Å²) in [4.78, 5) is 0. The lowest BCUT2D eigenvalue weighted by atomic mass is 9.59. The van der Waals surface area contributed by atoms with Gasteiger partial charge in [0.2, 0.25) is 0 Å². The highest BCUT2D eigenvalue weighted by atomic mass is 14.5. The second kappa shape index (κ2) is 5.35. The molecule has 0 atom stereocenters. The van der Waals surface area contributed by atoms with Crippen LogP contribution in [0.15, 0.2) is 73.3 Å². The van der Waals surface area contributed by atoms with Gasteiger partial charge in [0.15, 0.2) is 0 Å². The monoisotopic (exact) mass is 261 g/mol. The summed E-state index contributed by atoms with van der Waals surface area (Å²) in [6.45, 7) is 8.06. The molecule has 1 nitrogen and oxygen atoms in total. The highest BCUT2D eigenvalue weighted by Crippen LogP contribution is 2.47. The highest BCUT2D eigenvalue weighted by molar-refractivity contribution is 5.49. The number of nitriles is 1. The number of rotatable bonds is 4. The SMILES string of the molecule is C=CC(C)(C)C(C#N)(c1ccccc1)c1ccccc1. The highest BCUT2D eigenvalue weighted by Gasteiger charge is 2.46. The number of nitrogens with zero attached hydrogens (tertiary/aromatic N) is 1. The van der Waals surface area contributed by atoms with E-state index in [4.69, 9.17) is 0 Å². The third kappa shape index (κ3) is 2.04. The molecular formula is C19H19N. The molecule has 2 aromatic rings. The minimum atomic E-state index is -0.739. The smallest absolute Gasteiger partial charge is 0.116 e. The van der Waals surface area contributed by atoms with Crippen molar-refractivity contribution in [3.05, 3.63) is 84.4 Å². The minimum Gasteiger partial charge on any atom is -0.197 e. The Morgan fingerprint density at radius 1 is 0.900 bits per heavy atom. The fourth-order valence-corrected chi connectivity index (χ4v) is 2.71. The van der Waals surface area contributed by atoms with Crippen LogP contribution in [0.1, 0.15) is 25.0 Å². The summed E-state index contributed by atoms with van der Waals surface area (Å²) < 4.78 is 0. The molecule has 0 aliphatic rings. The van der Waals surface area contributed by atoms with E-state index in [1.165, 1.54) is 0 Å². The van der Waals surface area contributed by atoms with Crippen LogP contribution >= 0.6 is 0 Å². The third-order valence-corrected chi connectivity index (χ3v) is 4.06. The Balaban J connectivity index is 2.80. The summed E-state index contributed by atoms with van der Waals surface area (Å²) in [5.74, 6) is 0. The Hall–Kier alpha value is -2.33. The third-order valence-electron chi connectivity index (χ3n) is 4.06. The lowest BCUT2D eigenvalue weighted by Gasteiger charge is -2.40. The van der Waals surface area contributed by atoms with E-state index in [9.17, 15) is 5.26 Å². The minimum absolute atomic E-state index is 0.384. The van der Waals surface area contributed by atoms with Crippen molar-refractivity contribution in [1.29, 1.82) is 5.26 Å². The number of hydrogen-bond donors (Lipinski definition) is 0. The summed E-state index contributed by atoms with van der Waals surface area (Å²) in [5.41, 5.74) is 0.874. The van der Waals surface area contributed by atoms with Crippen molar-refractivity contribution in [3.63, 3.8) is 0 Å². The maximum absolute atomic E-state index is 10.1. The molecule has 0 heterocycles. The predicted molar refractivity (Wildman–Crippen MR) is 83.3 cm³/mol. The lowest BCUT2D eigenvalue weighted by Crippen LogP contribution is -2.40. The summed E-state index contributed by atoms with van der Waals surface area (Å²) in [6.07, 6.45) is 1.87. The predicted octanol–water partition coefficient (Wildman–Crippen LogP) is 4.71. The van der Waals surface area contributed by atoms with Crippen molar-refractivity contribution in [3.8, 4) is 6.07 Å². The van der Waals surface area contributed by atoms with E-state index in [2.05, 4.69) is 26.5 Å². The topological polar surface area (TPSA) is 23.8 Å². The summed E-state index contributed by atoms with van der Waals surface area (Å²) in [7, 11) is 0. The second-order valence-corrected chi connectivity index (χ2v) is 5.52. The zero-order valence-corrected chi connectivity index (χ0v) is 12.0. The lowest BCUT2D eigenvalue weighted by molar-refractivity contribution is 0.340. The van der Waals surface area contributed by atoms with Crippen molar-refractivity contribution in [1.82, 2.24) is 0 Å². The van der Waals surface area contributed by atoms with Crippen LogP contribution in [-0.4, -0.2) is 0 Å². The van der Waals surface area contributed by atoms with Crippen LogP contribution < -0.4 is 0 Å². The Labute approximate surface area is 121 Å². The first kappa shape index (κ1) is 14.1. The maximum Gasteiger partial charge on any atom is 0.116 e. The molecule has 2 rings (SSSR count). The molecule has 0 radical (unpaired) electrons. The fourth-order valence-electron chi connectivity index (χ4n) is 2.71. The first-order valence-electron chi connectivity index (χ1n) is 6.74. The largest absolute Gasteiger partial charge is 0.197 e. The van der Waals surface area contributed by atoms with Crippen LogP contribution in [0.25, 0.3) is 0 Å². The molecular weight excluding hydrogens is 242 g/mol. The van der Waals surface area contributed by atoms with Crippen molar-refractivity contribution >= 4 is 0 Å². The summed E-state index contributed by atoms with van der Waals surface area (Å²) in [6, 6.07) is 22.5. The molecule has 2 aromatic carbocycles. The zero-order valence-electron chi connectivity index (χ0n) is 12.0. The van der Waals surface area contributed by atoms with E-state index in [1.54, 1.807) is 0 Å². The average molecular weight is 261 g/mol. The van der Waals surface area contributed by atoms with Crippen molar-refractivity contribution in [2.24, 2.45) is 5.41 Å². The van der Waals surface area contributed by atoms with Gasteiger partial charge < -0.3 is 0 Å². The van der Waals surface area contributed by atoms with E-state index in [0.717, 1.165) is 11.1 Å². The molecule has 0 aliphatic heterocycles. The normalized spacial score (nSPS) is 11.7. The molecule has 0 spiro atoms. The van der Waals surface area contributed by atoms with Gasteiger partial charge in [-0.3, -0.25) is 0 Å². The average Bonchev–Trinajstić information content (AvgIpc) is 2.50. The molecule has 1 heteroatoms. The maximum atomic E-state index is 10.1. The van der Waals surface area contributed by atoms with Crippen LogP contribution in [0.5, 0.6) is 0 Å². The van der Waals surface area contributed by atoms with E-state index in [0.29, 0.717) is 0 Å². The molecule has 0 unspecified atom stereocenters. The molecule has 0 amide bonds. The number of benzene rings is 2. The van der Waals surface area contributed by atoms with E-state index in [-0.39, 0.29) is 5.41 Å². The molecule has 0 bridgehead atoms. The molecule has 20 heavy (non-hydrogen) atoms. The van der Waals surface area contributed by atoms with Crippen LogP contribution in [-0.2, 0) is 5.41 Å². The van der Waals surface area contributed by atoms with Crippen LogP contribution in [0.3, 0.4) is 0 Å². The van der Waals surface area contributed by atoms with E-state index in [1.807, 2.05) is 66.7 Å².